The van der Waals surface area contributed by atoms with Crippen molar-refractivity contribution in [2.45, 2.75) is 25.3 Å². The minimum absolute atomic E-state index is 0.166. The Kier molecular flexibility index (Phi) is 5.02. The van der Waals surface area contributed by atoms with Gasteiger partial charge in [-0.25, -0.2) is 0 Å². The van der Waals surface area contributed by atoms with Gasteiger partial charge >= 0.3 is 5.97 Å². The average molecular weight is 378 g/mol. The van der Waals surface area contributed by atoms with E-state index in [0.717, 1.165) is 5.56 Å². The molecule has 1 aliphatic heterocycles. The highest BCUT2D eigenvalue weighted by Crippen LogP contribution is 2.40. The Bertz CT molecular complexity index is 837. The summed E-state index contributed by atoms with van der Waals surface area (Å²) in [7, 11) is 1.38. The molecule has 0 fully saturated rings. The molecule has 0 spiro atoms. The van der Waals surface area contributed by atoms with E-state index < -0.39 is 0 Å². The predicted octanol–water partition coefficient (Wildman–Crippen LogP) is 4.69. The maximum atomic E-state index is 13.1. The zero-order valence-electron chi connectivity index (χ0n) is 13.8. The number of carbonyl (C=O) groups is 2. The summed E-state index contributed by atoms with van der Waals surface area (Å²) >= 11 is 12.0. The number of benzene rings is 2. The molecule has 0 saturated carbocycles. The van der Waals surface area contributed by atoms with Crippen LogP contribution in [0.5, 0.6) is 0 Å². The second kappa shape index (κ2) is 7.06. The van der Waals surface area contributed by atoms with Crippen molar-refractivity contribution >= 4 is 40.8 Å². The predicted molar refractivity (Wildman–Crippen MR) is 98.5 cm³/mol. The van der Waals surface area contributed by atoms with Crippen LogP contribution < -0.4 is 4.90 Å². The van der Waals surface area contributed by atoms with Crippen molar-refractivity contribution < 1.29 is 14.3 Å². The van der Waals surface area contributed by atoms with Crippen LogP contribution in [0.4, 0.5) is 5.69 Å². The Morgan fingerprint density at radius 1 is 1.12 bits per heavy atom. The molecule has 2 atom stereocenters. The molecule has 6 heteroatoms. The zero-order valence-corrected chi connectivity index (χ0v) is 15.3. The minimum Gasteiger partial charge on any atom is -0.469 e. The van der Waals surface area contributed by atoms with E-state index in [1.807, 2.05) is 31.2 Å². The van der Waals surface area contributed by atoms with Gasteiger partial charge in [0.2, 0.25) is 0 Å². The number of fused-ring (bicyclic) bond motifs is 1. The van der Waals surface area contributed by atoms with Crippen LogP contribution in [-0.4, -0.2) is 25.0 Å². The number of carbonyl (C=O) groups excluding carboxylic acids is 2. The molecular weight excluding hydrogens is 361 g/mol. The Hall–Kier alpha value is -2.04. The molecule has 3 rings (SSSR count). The number of methoxy groups -OCH3 is 1. The summed E-state index contributed by atoms with van der Waals surface area (Å²) in [4.78, 5) is 26.9. The van der Waals surface area contributed by atoms with Crippen LogP contribution in [0.25, 0.3) is 0 Å². The number of esters is 1. The third kappa shape index (κ3) is 3.24. The molecule has 0 bridgehead atoms. The number of hydrogen-bond acceptors (Lipinski definition) is 3. The molecule has 2 aromatic rings. The van der Waals surface area contributed by atoms with Crippen LogP contribution >= 0.6 is 23.2 Å². The van der Waals surface area contributed by atoms with E-state index in [2.05, 4.69) is 0 Å². The van der Waals surface area contributed by atoms with E-state index in [1.54, 1.807) is 23.1 Å². The first kappa shape index (κ1) is 17.8. The normalized spacial score (nSPS) is 19.3. The number of amides is 1. The molecule has 0 N–H and O–H groups in total. The topological polar surface area (TPSA) is 46.6 Å². The van der Waals surface area contributed by atoms with Crippen LogP contribution in [0.1, 0.15) is 35.2 Å². The van der Waals surface area contributed by atoms with Gasteiger partial charge in [-0.3, -0.25) is 9.59 Å². The number of nitrogens with zero attached hydrogens (tertiary/aromatic N) is 1. The van der Waals surface area contributed by atoms with E-state index in [9.17, 15) is 9.59 Å². The molecule has 1 aliphatic rings. The summed E-state index contributed by atoms with van der Waals surface area (Å²) < 4.78 is 4.93. The summed E-state index contributed by atoms with van der Waals surface area (Å²) in [5, 5.41) is 0.731. The Labute approximate surface area is 156 Å². The lowest BCUT2D eigenvalue weighted by Crippen LogP contribution is -2.44. The molecule has 2 aromatic carbocycles. The first-order valence-corrected chi connectivity index (χ1v) is 8.65. The van der Waals surface area contributed by atoms with Gasteiger partial charge < -0.3 is 9.64 Å². The van der Waals surface area contributed by atoms with Crippen LogP contribution in [-0.2, 0) is 9.53 Å². The van der Waals surface area contributed by atoms with Crippen LogP contribution in [0, 0.1) is 0 Å². The molecule has 1 amide bonds. The molecule has 0 saturated heterocycles. The second-order valence-electron chi connectivity index (χ2n) is 6.02. The fourth-order valence-electron chi connectivity index (χ4n) is 3.26. The second-order valence-corrected chi connectivity index (χ2v) is 6.84. The van der Waals surface area contributed by atoms with E-state index in [1.165, 1.54) is 7.11 Å². The van der Waals surface area contributed by atoms with Crippen molar-refractivity contribution in [3.63, 3.8) is 0 Å². The summed E-state index contributed by atoms with van der Waals surface area (Å²) in [6, 6.07) is 12.1. The van der Waals surface area contributed by atoms with Gasteiger partial charge in [0, 0.05) is 17.3 Å². The van der Waals surface area contributed by atoms with Gasteiger partial charge in [-0.05, 0) is 43.2 Å². The highest BCUT2D eigenvalue weighted by molar-refractivity contribution is 6.42. The monoisotopic (exact) mass is 377 g/mol. The van der Waals surface area contributed by atoms with E-state index in [-0.39, 0.29) is 23.8 Å². The molecule has 0 aliphatic carbocycles. The highest BCUT2D eigenvalue weighted by Gasteiger charge is 2.37. The summed E-state index contributed by atoms with van der Waals surface area (Å²) in [6.45, 7) is 1.92. The quantitative estimate of drug-likeness (QED) is 0.713. The van der Waals surface area contributed by atoms with Gasteiger partial charge in [0.1, 0.15) is 0 Å². The van der Waals surface area contributed by atoms with E-state index in [0.29, 0.717) is 27.7 Å². The van der Waals surface area contributed by atoms with Crippen molar-refractivity contribution in [1.82, 2.24) is 0 Å². The average Bonchev–Trinajstić information content (AvgIpc) is 2.62. The summed E-state index contributed by atoms with van der Waals surface area (Å²) in [6.07, 6.45) is 0.497. The van der Waals surface area contributed by atoms with Crippen LogP contribution in [0.2, 0.25) is 10.0 Å². The molecule has 4 nitrogen and oxygen atoms in total. The SMILES string of the molecule is COC(=O)C1CC(C)N(C(=O)c2ccc(Cl)c(Cl)c2)c2ccccc21. The fourth-order valence-corrected chi connectivity index (χ4v) is 3.55. The number of hydrogen-bond donors (Lipinski definition) is 0. The maximum Gasteiger partial charge on any atom is 0.313 e. The van der Waals surface area contributed by atoms with E-state index >= 15 is 0 Å². The Morgan fingerprint density at radius 3 is 2.52 bits per heavy atom. The van der Waals surface area contributed by atoms with Crippen molar-refractivity contribution in [1.29, 1.82) is 0 Å². The van der Waals surface area contributed by atoms with Crippen LogP contribution in [0.15, 0.2) is 42.5 Å². The van der Waals surface area contributed by atoms with Crippen LogP contribution in [0.3, 0.4) is 0 Å². The lowest BCUT2D eigenvalue weighted by atomic mass is 9.85. The lowest BCUT2D eigenvalue weighted by Gasteiger charge is -2.38. The van der Waals surface area contributed by atoms with Crippen molar-refractivity contribution in [2.75, 3.05) is 12.0 Å². The number of para-hydroxylation sites is 1. The molecular formula is C19H17Cl2NO3. The fraction of sp³-hybridized carbons (Fsp3) is 0.263. The third-order valence-electron chi connectivity index (χ3n) is 4.46. The molecule has 0 radical (unpaired) electrons. The van der Waals surface area contributed by atoms with E-state index in [4.69, 9.17) is 27.9 Å². The third-order valence-corrected chi connectivity index (χ3v) is 5.20. The molecule has 2 unspecified atom stereocenters. The summed E-state index contributed by atoms with van der Waals surface area (Å²) in [5.41, 5.74) is 1.96. The van der Waals surface area contributed by atoms with Gasteiger partial charge in [0.05, 0.1) is 23.1 Å². The van der Waals surface area contributed by atoms with Gasteiger partial charge in [0.25, 0.3) is 5.91 Å². The zero-order chi connectivity index (χ0) is 18.1. The Morgan fingerprint density at radius 2 is 1.84 bits per heavy atom. The number of rotatable bonds is 2. The van der Waals surface area contributed by atoms with Crippen molar-refractivity contribution in [3.8, 4) is 0 Å². The standard InChI is InChI=1S/C19H17Cl2NO3/c1-11-9-14(19(24)25-2)13-5-3-4-6-17(13)22(11)18(23)12-7-8-15(20)16(21)10-12/h3-8,10-11,14H,9H2,1-2H3. The van der Waals surface area contributed by atoms with Gasteiger partial charge in [-0.15, -0.1) is 0 Å². The van der Waals surface area contributed by atoms with Crippen molar-refractivity contribution in [2.24, 2.45) is 0 Å². The minimum atomic E-state index is -0.381. The summed E-state index contributed by atoms with van der Waals surface area (Å²) in [5.74, 6) is -0.850. The molecule has 130 valence electrons. The van der Waals surface area contributed by atoms with Gasteiger partial charge in [-0.1, -0.05) is 41.4 Å². The molecule has 25 heavy (non-hydrogen) atoms. The first-order valence-electron chi connectivity index (χ1n) is 7.89. The largest absolute Gasteiger partial charge is 0.469 e. The van der Waals surface area contributed by atoms with Crippen molar-refractivity contribution in [3.05, 3.63) is 63.6 Å². The Balaban J connectivity index is 2.05. The van der Waals surface area contributed by atoms with Gasteiger partial charge in [-0.2, -0.15) is 0 Å². The highest BCUT2D eigenvalue weighted by atomic mass is 35.5. The number of halogens is 2. The van der Waals surface area contributed by atoms with Gasteiger partial charge in [0.15, 0.2) is 0 Å². The lowest BCUT2D eigenvalue weighted by molar-refractivity contribution is -0.142. The molecule has 0 aromatic heterocycles. The number of anilines is 1. The number of ether oxygens (including phenoxy) is 1. The molecule has 1 heterocycles. The maximum absolute atomic E-state index is 13.1. The smallest absolute Gasteiger partial charge is 0.313 e. The first-order chi connectivity index (χ1) is 11.9.